The molecule has 0 aliphatic carbocycles. The summed E-state index contributed by atoms with van der Waals surface area (Å²) in [7, 11) is -4.19. The molecule has 1 aliphatic rings. The number of nitrogens with one attached hydrogen (secondary N) is 1. The second kappa shape index (κ2) is 12.6. The molecule has 3 aromatic carbocycles. The van der Waals surface area contributed by atoms with Crippen molar-refractivity contribution in [2.45, 2.75) is 44.3 Å². The van der Waals surface area contributed by atoms with Crippen molar-refractivity contribution in [1.29, 1.82) is 0 Å². The normalized spacial score (nSPS) is 13.4. The van der Waals surface area contributed by atoms with Crippen LogP contribution in [0.25, 0.3) is 0 Å². The summed E-state index contributed by atoms with van der Waals surface area (Å²) >= 11 is 6.18. The molecule has 0 spiro atoms. The molecule has 1 N–H and O–H groups in total. The molecule has 3 aromatic rings. The van der Waals surface area contributed by atoms with E-state index in [0.717, 1.165) is 4.31 Å². The fourth-order valence-electron chi connectivity index (χ4n) is 4.26. The Balaban J connectivity index is 1.73. The Bertz CT molecular complexity index is 1470. The number of nitrogens with zero attached hydrogens (tertiary/aromatic N) is 2. The number of carbonyl (C=O) groups excluding carboxylic acids is 2. The van der Waals surface area contributed by atoms with Gasteiger partial charge in [-0.2, -0.15) is 0 Å². The van der Waals surface area contributed by atoms with Crippen molar-refractivity contribution in [3.8, 4) is 11.5 Å². The number of fused-ring (bicyclic) bond motifs is 1. The van der Waals surface area contributed by atoms with Crippen LogP contribution in [0.2, 0.25) is 5.02 Å². The van der Waals surface area contributed by atoms with Gasteiger partial charge < -0.3 is 19.7 Å². The summed E-state index contributed by atoms with van der Waals surface area (Å²) in [5.41, 5.74) is 0.922. The van der Waals surface area contributed by atoms with Crippen molar-refractivity contribution >= 4 is 39.1 Å². The predicted molar refractivity (Wildman–Crippen MR) is 153 cm³/mol. The topological polar surface area (TPSA) is 105 Å². The van der Waals surface area contributed by atoms with Crippen LogP contribution in [0.5, 0.6) is 11.5 Å². The minimum Gasteiger partial charge on any atom is -0.486 e. The Kier molecular flexibility index (Phi) is 9.21. The second-order valence-electron chi connectivity index (χ2n) is 9.64. The molecule has 1 heterocycles. The van der Waals surface area contributed by atoms with Crippen molar-refractivity contribution in [2.75, 3.05) is 24.1 Å². The van der Waals surface area contributed by atoms with Crippen LogP contribution in [-0.4, -0.2) is 57.0 Å². The lowest BCUT2D eigenvalue weighted by Crippen LogP contribution is -2.52. The first-order valence-corrected chi connectivity index (χ1v) is 14.7. The van der Waals surface area contributed by atoms with Crippen LogP contribution in [0.15, 0.2) is 77.7 Å². The molecule has 0 fully saturated rings. The summed E-state index contributed by atoms with van der Waals surface area (Å²) in [6.45, 7) is 5.44. The summed E-state index contributed by atoms with van der Waals surface area (Å²) < 4.78 is 40.1. The molecule has 9 nitrogen and oxygen atoms in total. The maximum Gasteiger partial charge on any atom is 0.264 e. The molecule has 0 aromatic heterocycles. The number of hydrogen-bond donors (Lipinski definition) is 1. The van der Waals surface area contributed by atoms with Crippen LogP contribution in [0.1, 0.15) is 26.3 Å². The lowest BCUT2D eigenvalue weighted by molar-refractivity contribution is -0.139. The van der Waals surface area contributed by atoms with Gasteiger partial charge in [-0.05, 0) is 62.7 Å². The number of halogens is 1. The van der Waals surface area contributed by atoms with E-state index in [-0.39, 0.29) is 29.1 Å². The fraction of sp³-hybridized carbons (Fsp3) is 0.310. The lowest BCUT2D eigenvalue weighted by atomic mass is 10.1. The molecule has 0 radical (unpaired) electrons. The highest BCUT2D eigenvalue weighted by molar-refractivity contribution is 7.92. The number of sulfonamides is 1. The number of benzene rings is 3. The highest BCUT2D eigenvalue weighted by Gasteiger charge is 2.33. The first-order chi connectivity index (χ1) is 19.1. The Hall–Kier alpha value is -3.76. The minimum absolute atomic E-state index is 0.0182. The van der Waals surface area contributed by atoms with Gasteiger partial charge in [0.25, 0.3) is 10.0 Å². The number of carbonyl (C=O) groups is 2. The first kappa shape index (κ1) is 29.2. The van der Waals surface area contributed by atoms with Gasteiger partial charge in [-0.25, -0.2) is 8.42 Å². The molecule has 0 unspecified atom stereocenters. The van der Waals surface area contributed by atoms with E-state index < -0.39 is 28.5 Å². The maximum atomic E-state index is 14.0. The van der Waals surface area contributed by atoms with E-state index in [0.29, 0.717) is 35.3 Å². The van der Waals surface area contributed by atoms with E-state index in [1.807, 2.05) is 13.8 Å². The Morgan fingerprint density at radius 1 is 0.925 bits per heavy atom. The first-order valence-electron chi connectivity index (χ1n) is 12.9. The Morgan fingerprint density at radius 3 is 2.30 bits per heavy atom. The highest BCUT2D eigenvalue weighted by Crippen LogP contribution is 2.36. The van der Waals surface area contributed by atoms with Gasteiger partial charge in [0.15, 0.2) is 11.5 Å². The van der Waals surface area contributed by atoms with Gasteiger partial charge in [-0.1, -0.05) is 41.9 Å². The van der Waals surface area contributed by atoms with Gasteiger partial charge in [0.2, 0.25) is 11.8 Å². The molecule has 0 bridgehead atoms. The summed E-state index contributed by atoms with van der Waals surface area (Å²) in [4.78, 5) is 28.3. The van der Waals surface area contributed by atoms with Crippen molar-refractivity contribution in [1.82, 2.24) is 10.2 Å². The van der Waals surface area contributed by atoms with Crippen LogP contribution >= 0.6 is 11.6 Å². The van der Waals surface area contributed by atoms with E-state index in [9.17, 15) is 18.0 Å². The summed E-state index contributed by atoms with van der Waals surface area (Å²) in [6, 6.07) is 18.5. The number of anilines is 1. The molecule has 11 heteroatoms. The smallest absolute Gasteiger partial charge is 0.264 e. The Morgan fingerprint density at radius 2 is 1.62 bits per heavy atom. The van der Waals surface area contributed by atoms with E-state index in [1.54, 1.807) is 67.6 Å². The summed E-state index contributed by atoms with van der Waals surface area (Å²) in [5, 5.41) is 3.31. The van der Waals surface area contributed by atoms with Crippen LogP contribution in [0, 0.1) is 0 Å². The molecule has 4 rings (SSSR count). The summed E-state index contributed by atoms with van der Waals surface area (Å²) in [6.07, 6.45) is 0. The molecular formula is C29H32ClN3O6S. The monoisotopic (exact) mass is 585 g/mol. The predicted octanol–water partition coefficient (Wildman–Crippen LogP) is 4.25. The zero-order chi connectivity index (χ0) is 28.9. The van der Waals surface area contributed by atoms with Gasteiger partial charge in [0.05, 0.1) is 10.6 Å². The third kappa shape index (κ3) is 6.86. The van der Waals surface area contributed by atoms with Gasteiger partial charge in [0, 0.05) is 23.7 Å². The van der Waals surface area contributed by atoms with Crippen LogP contribution in [0.3, 0.4) is 0 Å². The molecule has 0 saturated heterocycles. The van der Waals surface area contributed by atoms with E-state index in [1.165, 1.54) is 17.0 Å². The zero-order valence-electron chi connectivity index (χ0n) is 22.5. The molecular weight excluding hydrogens is 554 g/mol. The molecule has 0 saturated carbocycles. The third-order valence-electron chi connectivity index (χ3n) is 6.26. The van der Waals surface area contributed by atoms with Crippen LogP contribution in [0.4, 0.5) is 5.69 Å². The standard InChI is InChI=1S/C29H32ClN3O6S/c1-20(2)31-29(35)21(3)32(18-22-8-7-9-23(30)16-22)28(34)19-33(40(36,37)25-10-5-4-6-11-25)24-12-13-26-27(17-24)39-15-14-38-26/h4-13,16-17,20-21H,14-15,18-19H2,1-3H3,(H,31,35)/t21-/m1/s1. The number of rotatable bonds is 10. The van der Waals surface area contributed by atoms with E-state index in [4.69, 9.17) is 21.1 Å². The lowest BCUT2D eigenvalue weighted by Gasteiger charge is -2.32. The molecule has 1 aliphatic heterocycles. The fourth-order valence-corrected chi connectivity index (χ4v) is 5.90. The van der Waals surface area contributed by atoms with Crippen LogP contribution < -0.4 is 19.1 Å². The van der Waals surface area contributed by atoms with Crippen molar-refractivity contribution in [3.63, 3.8) is 0 Å². The van der Waals surface area contributed by atoms with Gasteiger partial charge in [-0.3, -0.25) is 13.9 Å². The number of amides is 2. The molecule has 40 heavy (non-hydrogen) atoms. The summed E-state index contributed by atoms with van der Waals surface area (Å²) in [5.74, 6) is -0.0622. The van der Waals surface area contributed by atoms with Crippen molar-refractivity contribution in [2.24, 2.45) is 0 Å². The van der Waals surface area contributed by atoms with Crippen LogP contribution in [-0.2, 0) is 26.2 Å². The van der Waals surface area contributed by atoms with Crippen molar-refractivity contribution < 1.29 is 27.5 Å². The average Bonchev–Trinajstić information content (AvgIpc) is 2.94. The largest absolute Gasteiger partial charge is 0.486 e. The maximum absolute atomic E-state index is 14.0. The van der Waals surface area contributed by atoms with Gasteiger partial charge in [0.1, 0.15) is 25.8 Å². The molecule has 212 valence electrons. The minimum atomic E-state index is -4.19. The second-order valence-corrected chi connectivity index (χ2v) is 11.9. The van der Waals surface area contributed by atoms with E-state index in [2.05, 4.69) is 5.32 Å². The SMILES string of the molecule is CC(C)NC(=O)[C@@H](C)N(Cc1cccc(Cl)c1)C(=O)CN(c1ccc2c(c1)OCCO2)S(=O)(=O)c1ccccc1. The van der Waals surface area contributed by atoms with E-state index >= 15 is 0 Å². The Labute approximate surface area is 239 Å². The van der Waals surface area contributed by atoms with Crippen molar-refractivity contribution in [3.05, 3.63) is 83.4 Å². The third-order valence-corrected chi connectivity index (χ3v) is 8.29. The molecule has 2 amide bonds. The average molecular weight is 586 g/mol. The highest BCUT2D eigenvalue weighted by atomic mass is 35.5. The number of ether oxygens (including phenoxy) is 2. The quantitative estimate of drug-likeness (QED) is 0.381. The van der Waals surface area contributed by atoms with Gasteiger partial charge in [-0.15, -0.1) is 0 Å². The zero-order valence-corrected chi connectivity index (χ0v) is 24.1. The number of hydrogen-bond acceptors (Lipinski definition) is 6. The van der Waals surface area contributed by atoms with Gasteiger partial charge >= 0.3 is 0 Å². The molecule has 1 atom stereocenters.